The van der Waals surface area contributed by atoms with Crippen molar-refractivity contribution < 1.29 is 28.7 Å². The smallest absolute Gasteiger partial charge is 0.408 e. The first-order valence-electron chi connectivity index (χ1n) is 12.2. The van der Waals surface area contributed by atoms with Crippen LogP contribution in [-0.2, 0) is 30.3 Å². The number of benzene rings is 1. The third kappa shape index (κ3) is 13.4. The van der Waals surface area contributed by atoms with Crippen LogP contribution in [0.1, 0.15) is 66.4 Å². The van der Waals surface area contributed by atoms with Gasteiger partial charge in [0.1, 0.15) is 24.2 Å². The minimum absolute atomic E-state index is 0.0916. The molecule has 0 aliphatic carbocycles. The van der Waals surface area contributed by atoms with Gasteiger partial charge in [0.25, 0.3) is 0 Å². The van der Waals surface area contributed by atoms with Gasteiger partial charge in [0.05, 0.1) is 6.61 Å². The summed E-state index contributed by atoms with van der Waals surface area (Å²) in [5.41, 5.74) is 0.104. The predicted octanol–water partition coefficient (Wildman–Crippen LogP) is 3.11. The Morgan fingerprint density at radius 1 is 0.943 bits per heavy atom. The summed E-state index contributed by atoms with van der Waals surface area (Å²) >= 11 is 0. The van der Waals surface area contributed by atoms with Crippen LogP contribution >= 0.6 is 0 Å². The second-order valence-electron chi connectivity index (χ2n) is 9.87. The first kappa shape index (κ1) is 29.9. The first-order valence-corrected chi connectivity index (χ1v) is 12.2. The molecule has 1 aromatic carbocycles. The van der Waals surface area contributed by atoms with Gasteiger partial charge >= 0.3 is 12.1 Å². The molecule has 9 heteroatoms. The molecule has 0 saturated heterocycles. The van der Waals surface area contributed by atoms with E-state index in [2.05, 4.69) is 16.0 Å². The van der Waals surface area contributed by atoms with Gasteiger partial charge in [-0.25, -0.2) is 4.79 Å². The van der Waals surface area contributed by atoms with E-state index >= 15 is 0 Å². The third-order valence-electron chi connectivity index (χ3n) is 4.80. The number of unbranched alkanes of at least 4 members (excludes halogenated alkanes) is 1. The van der Waals surface area contributed by atoms with E-state index in [4.69, 9.17) is 9.47 Å². The standard InChI is InChI=1S/C26H41N3O6/c1-7-8-14-34-22(30)17-27-23(31)20(15-18(2)3)28-24(32)21(16-19-12-10-9-11-13-19)29-25(33)35-26(4,5)6/h9-13,18,20-21H,7-8,14-17H2,1-6H3,(H,27,31)(H,28,32)(H,29,33). The van der Waals surface area contributed by atoms with E-state index in [1.165, 1.54) is 0 Å². The van der Waals surface area contributed by atoms with Gasteiger partial charge in [0, 0.05) is 6.42 Å². The molecule has 0 saturated carbocycles. The molecule has 2 unspecified atom stereocenters. The van der Waals surface area contributed by atoms with E-state index < -0.39 is 41.6 Å². The van der Waals surface area contributed by atoms with Crippen molar-refractivity contribution in [3.05, 3.63) is 35.9 Å². The molecular formula is C26H41N3O6. The average molecular weight is 492 g/mol. The lowest BCUT2D eigenvalue weighted by Gasteiger charge is -2.26. The number of ether oxygens (including phenoxy) is 2. The molecule has 2 atom stereocenters. The van der Waals surface area contributed by atoms with E-state index in [0.717, 1.165) is 18.4 Å². The zero-order chi connectivity index (χ0) is 26.4. The lowest BCUT2D eigenvalue weighted by Crippen LogP contribution is -2.55. The van der Waals surface area contributed by atoms with Crippen molar-refractivity contribution >= 4 is 23.9 Å². The number of nitrogens with one attached hydrogen (secondary N) is 3. The Balaban J connectivity index is 2.90. The van der Waals surface area contributed by atoms with Crippen LogP contribution in [0, 0.1) is 5.92 Å². The van der Waals surface area contributed by atoms with Crippen molar-refractivity contribution in [2.24, 2.45) is 5.92 Å². The Kier molecular flexibility index (Phi) is 12.8. The average Bonchev–Trinajstić information content (AvgIpc) is 2.75. The number of rotatable bonds is 13. The Bertz CT molecular complexity index is 820. The number of carbonyl (C=O) groups excluding carboxylic acids is 4. The highest BCUT2D eigenvalue weighted by Crippen LogP contribution is 2.10. The fourth-order valence-electron chi connectivity index (χ4n) is 3.15. The van der Waals surface area contributed by atoms with E-state index in [1.54, 1.807) is 20.8 Å². The summed E-state index contributed by atoms with van der Waals surface area (Å²) in [4.78, 5) is 50.3. The summed E-state index contributed by atoms with van der Waals surface area (Å²) in [5.74, 6) is -1.45. The number of carbonyl (C=O) groups is 4. The van der Waals surface area contributed by atoms with Crippen molar-refractivity contribution in [2.75, 3.05) is 13.2 Å². The number of amides is 3. The van der Waals surface area contributed by atoms with Crippen molar-refractivity contribution in [1.82, 2.24) is 16.0 Å². The van der Waals surface area contributed by atoms with Crippen LogP contribution in [0.5, 0.6) is 0 Å². The quantitative estimate of drug-likeness (QED) is 0.288. The summed E-state index contributed by atoms with van der Waals surface area (Å²) in [6.45, 7) is 11.0. The van der Waals surface area contributed by atoms with Gasteiger partial charge < -0.3 is 25.4 Å². The highest BCUT2D eigenvalue weighted by Gasteiger charge is 2.29. The van der Waals surface area contributed by atoms with Gasteiger partial charge in [-0.05, 0) is 45.1 Å². The van der Waals surface area contributed by atoms with E-state index in [1.807, 2.05) is 51.1 Å². The maximum absolute atomic E-state index is 13.2. The number of hydrogen-bond donors (Lipinski definition) is 3. The molecule has 3 amide bonds. The lowest BCUT2D eigenvalue weighted by atomic mass is 10.0. The second-order valence-corrected chi connectivity index (χ2v) is 9.87. The number of alkyl carbamates (subject to hydrolysis) is 1. The molecule has 0 aromatic heterocycles. The second kappa shape index (κ2) is 15.0. The molecule has 0 spiro atoms. The molecular weight excluding hydrogens is 450 g/mol. The zero-order valence-electron chi connectivity index (χ0n) is 21.8. The summed E-state index contributed by atoms with van der Waals surface area (Å²) < 4.78 is 10.4. The van der Waals surface area contributed by atoms with Crippen LogP contribution in [0.25, 0.3) is 0 Å². The van der Waals surface area contributed by atoms with Crippen LogP contribution in [-0.4, -0.2) is 54.7 Å². The fourth-order valence-corrected chi connectivity index (χ4v) is 3.15. The van der Waals surface area contributed by atoms with Gasteiger partial charge in [-0.2, -0.15) is 0 Å². The van der Waals surface area contributed by atoms with Crippen molar-refractivity contribution in [3.63, 3.8) is 0 Å². The minimum atomic E-state index is -0.964. The van der Waals surface area contributed by atoms with E-state index in [-0.39, 0.29) is 18.9 Å². The normalized spacial score (nSPS) is 12.9. The third-order valence-corrected chi connectivity index (χ3v) is 4.80. The van der Waals surface area contributed by atoms with Gasteiger partial charge in [-0.15, -0.1) is 0 Å². The first-order chi connectivity index (χ1) is 16.4. The van der Waals surface area contributed by atoms with Gasteiger partial charge in [0.2, 0.25) is 11.8 Å². The zero-order valence-corrected chi connectivity index (χ0v) is 21.8. The SMILES string of the molecule is CCCCOC(=O)CNC(=O)C(CC(C)C)NC(=O)C(Cc1ccccc1)NC(=O)OC(C)(C)C. The van der Waals surface area contributed by atoms with Crippen LogP contribution < -0.4 is 16.0 Å². The van der Waals surface area contributed by atoms with Crippen LogP contribution in [0.3, 0.4) is 0 Å². The van der Waals surface area contributed by atoms with Crippen LogP contribution in [0.4, 0.5) is 4.79 Å². The summed E-state index contributed by atoms with van der Waals surface area (Å²) in [6, 6.07) is 7.38. The molecule has 35 heavy (non-hydrogen) atoms. The maximum atomic E-state index is 13.2. The molecule has 0 fully saturated rings. The summed E-state index contributed by atoms with van der Waals surface area (Å²) in [5, 5.41) is 7.90. The van der Waals surface area contributed by atoms with Crippen molar-refractivity contribution in [3.8, 4) is 0 Å². The van der Waals surface area contributed by atoms with Crippen LogP contribution in [0.15, 0.2) is 30.3 Å². The van der Waals surface area contributed by atoms with Crippen LogP contribution in [0.2, 0.25) is 0 Å². The van der Waals surface area contributed by atoms with Gasteiger partial charge in [-0.3, -0.25) is 14.4 Å². The summed E-state index contributed by atoms with van der Waals surface area (Å²) in [7, 11) is 0. The molecule has 1 aromatic rings. The Morgan fingerprint density at radius 3 is 2.17 bits per heavy atom. The number of hydrogen-bond acceptors (Lipinski definition) is 6. The molecule has 0 heterocycles. The Labute approximate surface area is 208 Å². The largest absolute Gasteiger partial charge is 0.464 e. The fraction of sp³-hybridized carbons (Fsp3) is 0.615. The Morgan fingerprint density at radius 2 is 1.60 bits per heavy atom. The lowest BCUT2D eigenvalue weighted by molar-refractivity contribution is -0.144. The monoisotopic (exact) mass is 491 g/mol. The maximum Gasteiger partial charge on any atom is 0.408 e. The molecule has 3 N–H and O–H groups in total. The number of esters is 1. The molecule has 0 bridgehead atoms. The highest BCUT2D eigenvalue weighted by molar-refractivity contribution is 5.92. The van der Waals surface area contributed by atoms with Gasteiger partial charge in [0.15, 0.2) is 0 Å². The molecule has 0 aliphatic heterocycles. The van der Waals surface area contributed by atoms with E-state index in [9.17, 15) is 19.2 Å². The topological polar surface area (TPSA) is 123 Å². The molecule has 1 rings (SSSR count). The Hall–Kier alpha value is -3.10. The molecule has 0 aliphatic rings. The van der Waals surface area contributed by atoms with Gasteiger partial charge in [-0.1, -0.05) is 57.5 Å². The van der Waals surface area contributed by atoms with Crippen molar-refractivity contribution in [1.29, 1.82) is 0 Å². The van der Waals surface area contributed by atoms with Crippen molar-refractivity contribution in [2.45, 2.75) is 84.9 Å². The van der Waals surface area contributed by atoms with E-state index in [0.29, 0.717) is 13.0 Å². The molecule has 9 nitrogen and oxygen atoms in total. The highest BCUT2D eigenvalue weighted by atomic mass is 16.6. The molecule has 196 valence electrons. The minimum Gasteiger partial charge on any atom is -0.464 e. The molecule has 0 radical (unpaired) electrons. The predicted molar refractivity (Wildman–Crippen MR) is 134 cm³/mol. The summed E-state index contributed by atoms with van der Waals surface area (Å²) in [6.07, 6.45) is 1.48.